The van der Waals surface area contributed by atoms with Crippen molar-refractivity contribution in [2.45, 2.75) is 18.7 Å². The average Bonchev–Trinajstić information content (AvgIpc) is 2.82. The molecular weight excluding hydrogens is 394 g/mol. The summed E-state index contributed by atoms with van der Waals surface area (Å²) in [4.78, 5) is 25.1. The highest BCUT2D eigenvalue weighted by Crippen LogP contribution is 2.29. The van der Waals surface area contributed by atoms with Crippen LogP contribution in [0, 0.1) is 5.92 Å². The highest BCUT2D eigenvalue weighted by atomic mass is 32.2. The largest absolute Gasteiger partial charge is 0.340 e. The molecule has 0 spiro atoms. The number of hydrogen-bond acceptors (Lipinski definition) is 6. The molecule has 1 aromatic rings. The highest BCUT2D eigenvalue weighted by Gasteiger charge is 2.42. The molecule has 1 atom stereocenters. The molecule has 0 saturated carbocycles. The van der Waals surface area contributed by atoms with Crippen LogP contribution in [0.3, 0.4) is 0 Å². The smallest absolute Gasteiger partial charge is 0.244 e. The van der Waals surface area contributed by atoms with Crippen molar-refractivity contribution in [2.75, 3.05) is 36.2 Å². The molecule has 2 aliphatic rings. The topological polar surface area (TPSA) is 112 Å². The molecule has 0 radical (unpaired) electrons. The fourth-order valence-corrected chi connectivity index (χ4v) is 6.48. The minimum atomic E-state index is -3.76. The van der Waals surface area contributed by atoms with Crippen molar-refractivity contribution in [3.8, 4) is 0 Å². The second-order valence-electron chi connectivity index (χ2n) is 6.69. The van der Waals surface area contributed by atoms with E-state index in [1.165, 1.54) is 35.5 Å². The molecule has 0 bridgehead atoms. The van der Waals surface area contributed by atoms with Gasteiger partial charge in [-0.1, -0.05) is 6.92 Å². The summed E-state index contributed by atoms with van der Waals surface area (Å²) in [5.74, 6) is -1.50. The first-order valence-electron chi connectivity index (χ1n) is 8.46. The summed E-state index contributed by atoms with van der Waals surface area (Å²) in [6.45, 7) is 4.02. The van der Waals surface area contributed by atoms with E-state index in [0.717, 1.165) is 4.31 Å². The van der Waals surface area contributed by atoms with E-state index in [1.807, 2.05) is 0 Å². The lowest BCUT2D eigenvalue weighted by atomic mass is 10.2. The standard InChI is InChI=1S/C16H21N3O6S2/c1-12-11-26(22,23)19(16(12)21)14-3-5-15(6-4-14)27(24,25)18-9-7-17(8-10-18)13(2)20/h3-6,12H,7-11H2,1-2H3. The Morgan fingerprint density at radius 2 is 1.63 bits per heavy atom. The lowest BCUT2D eigenvalue weighted by molar-refractivity contribution is -0.130. The van der Waals surface area contributed by atoms with Crippen LogP contribution in [-0.2, 0) is 29.6 Å². The minimum absolute atomic E-state index is 0.0135. The van der Waals surface area contributed by atoms with Crippen LogP contribution >= 0.6 is 0 Å². The Morgan fingerprint density at radius 3 is 2.07 bits per heavy atom. The van der Waals surface area contributed by atoms with E-state index in [-0.39, 0.29) is 35.3 Å². The Labute approximate surface area is 158 Å². The second kappa shape index (κ2) is 6.88. The number of rotatable bonds is 3. The zero-order valence-corrected chi connectivity index (χ0v) is 16.7. The van der Waals surface area contributed by atoms with Crippen molar-refractivity contribution in [3.63, 3.8) is 0 Å². The molecule has 1 aromatic carbocycles. The van der Waals surface area contributed by atoms with Crippen molar-refractivity contribution in [1.29, 1.82) is 0 Å². The Balaban J connectivity index is 1.81. The molecule has 2 aliphatic heterocycles. The average molecular weight is 415 g/mol. The zero-order chi connectivity index (χ0) is 20.0. The number of anilines is 1. The number of carbonyl (C=O) groups excluding carboxylic acids is 2. The molecule has 148 valence electrons. The number of nitrogens with zero attached hydrogens (tertiary/aromatic N) is 3. The van der Waals surface area contributed by atoms with E-state index in [4.69, 9.17) is 0 Å². The third kappa shape index (κ3) is 3.58. The van der Waals surface area contributed by atoms with E-state index in [2.05, 4.69) is 0 Å². The number of benzene rings is 1. The van der Waals surface area contributed by atoms with Gasteiger partial charge in [-0.2, -0.15) is 4.31 Å². The van der Waals surface area contributed by atoms with Crippen LogP contribution in [0.25, 0.3) is 0 Å². The van der Waals surface area contributed by atoms with Crippen LogP contribution in [0.4, 0.5) is 5.69 Å². The summed E-state index contributed by atoms with van der Waals surface area (Å²) in [6, 6.07) is 5.25. The van der Waals surface area contributed by atoms with Gasteiger partial charge in [-0.05, 0) is 24.3 Å². The molecule has 11 heteroatoms. The van der Waals surface area contributed by atoms with Crippen LogP contribution in [0.15, 0.2) is 29.2 Å². The lowest BCUT2D eigenvalue weighted by Gasteiger charge is -2.33. The molecule has 2 amide bonds. The maximum atomic E-state index is 12.8. The van der Waals surface area contributed by atoms with Crippen molar-refractivity contribution >= 4 is 37.5 Å². The van der Waals surface area contributed by atoms with Crippen molar-refractivity contribution in [3.05, 3.63) is 24.3 Å². The quantitative estimate of drug-likeness (QED) is 0.679. The van der Waals surface area contributed by atoms with E-state index in [1.54, 1.807) is 11.8 Å². The van der Waals surface area contributed by atoms with Gasteiger partial charge in [0, 0.05) is 33.1 Å². The van der Waals surface area contributed by atoms with Gasteiger partial charge in [-0.25, -0.2) is 21.1 Å². The molecule has 27 heavy (non-hydrogen) atoms. The number of carbonyl (C=O) groups is 2. The van der Waals surface area contributed by atoms with Crippen LogP contribution in [0.1, 0.15) is 13.8 Å². The summed E-state index contributed by atoms with van der Waals surface area (Å²) in [5, 5.41) is 0. The Morgan fingerprint density at radius 1 is 1.07 bits per heavy atom. The molecule has 3 rings (SSSR count). The summed E-state index contributed by atoms with van der Waals surface area (Å²) in [6.07, 6.45) is 0. The maximum Gasteiger partial charge on any atom is 0.244 e. The van der Waals surface area contributed by atoms with Gasteiger partial charge in [-0.3, -0.25) is 9.59 Å². The predicted octanol–water partition coefficient (Wildman–Crippen LogP) is -0.148. The van der Waals surface area contributed by atoms with E-state index in [9.17, 15) is 26.4 Å². The van der Waals surface area contributed by atoms with Crippen LogP contribution in [-0.4, -0.2) is 69.8 Å². The summed E-state index contributed by atoms with van der Waals surface area (Å²) in [5.41, 5.74) is 0.129. The van der Waals surface area contributed by atoms with Gasteiger partial charge in [0.25, 0.3) is 0 Å². The van der Waals surface area contributed by atoms with Crippen molar-refractivity contribution in [1.82, 2.24) is 9.21 Å². The van der Waals surface area contributed by atoms with Gasteiger partial charge in [0.05, 0.1) is 22.3 Å². The van der Waals surface area contributed by atoms with E-state index in [0.29, 0.717) is 13.1 Å². The predicted molar refractivity (Wildman–Crippen MR) is 97.9 cm³/mol. The van der Waals surface area contributed by atoms with Crippen LogP contribution in [0.2, 0.25) is 0 Å². The van der Waals surface area contributed by atoms with Crippen LogP contribution < -0.4 is 4.31 Å². The maximum absolute atomic E-state index is 12.8. The molecule has 1 unspecified atom stereocenters. The third-order valence-corrected chi connectivity index (χ3v) is 8.53. The first-order valence-corrected chi connectivity index (χ1v) is 11.5. The normalized spacial score (nSPS) is 23.6. The lowest BCUT2D eigenvalue weighted by Crippen LogP contribution is -2.49. The molecule has 9 nitrogen and oxygen atoms in total. The molecule has 2 fully saturated rings. The van der Waals surface area contributed by atoms with E-state index >= 15 is 0 Å². The molecule has 0 aromatic heterocycles. The van der Waals surface area contributed by atoms with Gasteiger partial charge in [0.1, 0.15) is 0 Å². The summed E-state index contributed by atoms with van der Waals surface area (Å²) < 4.78 is 51.8. The fraction of sp³-hybridized carbons (Fsp3) is 0.500. The van der Waals surface area contributed by atoms with E-state index < -0.39 is 31.9 Å². The van der Waals surface area contributed by atoms with Crippen LogP contribution in [0.5, 0.6) is 0 Å². The van der Waals surface area contributed by atoms with Crippen molar-refractivity contribution in [2.24, 2.45) is 5.92 Å². The molecule has 0 N–H and O–H groups in total. The monoisotopic (exact) mass is 415 g/mol. The van der Waals surface area contributed by atoms with Gasteiger partial charge < -0.3 is 4.90 Å². The number of sulfonamides is 2. The number of hydrogen-bond donors (Lipinski definition) is 0. The van der Waals surface area contributed by atoms with Gasteiger partial charge in [-0.15, -0.1) is 0 Å². The first-order chi connectivity index (χ1) is 12.5. The SMILES string of the molecule is CC(=O)N1CCN(S(=O)(=O)c2ccc(N3C(=O)C(C)CS3(=O)=O)cc2)CC1. The first kappa shape index (κ1) is 19.8. The van der Waals surface area contributed by atoms with Crippen molar-refractivity contribution < 1.29 is 26.4 Å². The summed E-state index contributed by atoms with van der Waals surface area (Å²) >= 11 is 0. The number of piperazine rings is 1. The Bertz CT molecular complexity index is 964. The molecule has 2 saturated heterocycles. The minimum Gasteiger partial charge on any atom is -0.340 e. The Hall–Kier alpha value is -1.98. The molecule has 2 heterocycles. The fourth-order valence-electron chi connectivity index (χ4n) is 3.23. The zero-order valence-electron chi connectivity index (χ0n) is 15.0. The molecule has 0 aliphatic carbocycles. The van der Waals surface area contributed by atoms with Gasteiger partial charge >= 0.3 is 0 Å². The number of amides is 2. The van der Waals surface area contributed by atoms with Gasteiger partial charge in [0.2, 0.25) is 31.9 Å². The van der Waals surface area contributed by atoms with Gasteiger partial charge in [0.15, 0.2) is 0 Å². The third-order valence-electron chi connectivity index (χ3n) is 4.75. The summed E-state index contributed by atoms with van der Waals surface area (Å²) in [7, 11) is -7.50. The highest BCUT2D eigenvalue weighted by molar-refractivity contribution is 7.94. The molecular formula is C16H21N3O6S2. The second-order valence-corrected chi connectivity index (χ2v) is 10.5. The Kier molecular flexibility index (Phi) is 5.04.